The zero-order chi connectivity index (χ0) is 15.8. The van der Waals surface area contributed by atoms with E-state index in [2.05, 4.69) is 34.9 Å². The number of hydrogen-bond acceptors (Lipinski definition) is 3. The molecule has 122 valence electrons. The van der Waals surface area contributed by atoms with Gasteiger partial charge >= 0.3 is 6.03 Å². The summed E-state index contributed by atoms with van der Waals surface area (Å²) in [5.41, 5.74) is 1.42. The van der Waals surface area contributed by atoms with Crippen molar-refractivity contribution in [3.8, 4) is 0 Å². The van der Waals surface area contributed by atoms with E-state index in [1.54, 1.807) is 11.8 Å². The molecule has 2 rings (SSSR count). The fourth-order valence-electron chi connectivity index (χ4n) is 3.00. The number of urea groups is 1. The van der Waals surface area contributed by atoms with Crippen molar-refractivity contribution in [1.29, 1.82) is 0 Å². The number of hydrogen-bond donors (Lipinski definition) is 3. The van der Waals surface area contributed by atoms with Gasteiger partial charge in [0.25, 0.3) is 0 Å². The Labute approximate surface area is 137 Å². The zero-order valence-corrected chi connectivity index (χ0v) is 14.0. The van der Waals surface area contributed by atoms with Gasteiger partial charge in [-0.25, -0.2) is 4.79 Å². The summed E-state index contributed by atoms with van der Waals surface area (Å²) in [7, 11) is 0. The molecule has 1 aliphatic rings. The minimum Gasteiger partial charge on any atom is -0.396 e. The van der Waals surface area contributed by atoms with Crippen LogP contribution < -0.4 is 10.6 Å². The quantitative estimate of drug-likeness (QED) is 0.689. The third kappa shape index (κ3) is 4.40. The third-order valence-electron chi connectivity index (χ3n) is 4.46. The van der Waals surface area contributed by atoms with Crippen LogP contribution >= 0.6 is 11.8 Å². The summed E-state index contributed by atoms with van der Waals surface area (Å²) in [5.74, 6) is 0.817. The largest absolute Gasteiger partial charge is 0.396 e. The van der Waals surface area contributed by atoms with E-state index < -0.39 is 0 Å². The minimum atomic E-state index is -0.130. The van der Waals surface area contributed by atoms with Crippen molar-refractivity contribution in [3.63, 3.8) is 0 Å². The minimum absolute atomic E-state index is 0.0223. The Morgan fingerprint density at radius 3 is 2.64 bits per heavy atom. The second kappa shape index (κ2) is 8.44. The second-order valence-electron chi connectivity index (χ2n) is 5.99. The summed E-state index contributed by atoms with van der Waals surface area (Å²) >= 11 is 1.67. The molecule has 0 spiro atoms. The van der Waals surface area contributed by atoms with Crippen molar-refractivity contribution in [1.82, 2.24) is 10.6 Å². The summed E-state index contributed by atoms with van der Waals surface area (Å²) < 4.78 is 0. The number of aliphatic hydroxyl groups excluding tert-OH is 1. The van der Waals surface area contributed by atoms with Gasteiger partial charge in [0, 0.05) is 30.4 Å². The predicted molar refractivity (Wildman–Crippen MR) is 92.4 cm³/mol. The number of thioether (sulfide) groups is 1. The number of carbonyl (C=O) groups excluding carboxylic acids is 1. The molecule has 1 aliphatic carbocycles. The highest BCUT2D eigenvalue weighted by Crippen LogP contribution is 2.43. The molecule has 5 heteroatoms. The Morgan fingerprint density at radius 2 is 2.09 bits per heavy atom. The van der Waals surface area contributed by atoms with Gasteiger partial charge in [0.05, 0.1) is 0 Å². The van der Waals surface area contributed by atoms with Crippen molar-refractivity contribution in [2.75, 3.05) is 25.2 Å². The van der Waals surface area contributed by atoms with Gasteiger partial charge in [0.1, 0.15) is 0 Å². The lowest BCUT2D eigenvalue weighted by Crippen LogP contribution is -2.50. The molecule has 0 saturated heterocycles. The first-order valence-electron chi connectivity index (χ1n) is 7.90. The van der Waals surface area contributed by atoms with Gasteiger partial charge in [-0.1, -0.05) is 36.8 Å². The average Bonchev–Trinajstić information content (AvgIpc) is 2.48. The van der Waals surface area contributed by atoms with Gasteiger partial charge < -0.3 is 15.7 Å². The van der Waals surface area contributed by atoms with Crippen LogP contribution in [0.5, 0.6) is 0 Å². The zero-order valence-electron chi connectivity index (χ0n) is 13.2. The number of benzene rings is 1. The molecule has 0 heterocycles. The van der Waals surface area contributed by atoms with Gasteiger partial charge in [-0.05, 0) is 31.1 Å². The van der Waals surface area contributed by atoms with Crippen molar-refractivity contribution in [3.05, 3.63) is 35.9 Å². The average molecular weight is 322 g/mol. The Hall–Kier alpha value is -1.20. The standard InChI is InChI=1S/C17H26N2O2S/c1-22-12-15(8-11-20)19-16(21)18-13-17(9-5-10-17)14-6-3-2-4-7-14/h2-4,6-7,15,20H,5,8-13H2,1H3,(H2,18,19,21). The molecule has 0 bridgehead atoms. The molecule has 0 radical (unpaired) electrons. The third-order valence-corrected chi connectivity index (χ3v) is 5.20. The highest BCUT2D eigenvalue weighted by molar-refractivity contribution is 7.98. The fraction of sp³-hybridized carbons (Fsp3) is 0.588. The molecule has 3 N–H and O–H groups in total. The maximum atomic E-state index is 12.1. The van der Waals surface area contributed by atoms with Crippen LogP contribution in [0.1, 0.15) is 31.2 Å². The van der Waals surface area contributed by atoms with Gasteiger partial charge in [-0.2, -0.15) is 11.8 Å². The van der Waals surface area contributed by atoms with Gasteiger partial charge in [0.2, 0.25) is 0 Å². The van der Waals surface area contributed by atoms with E-state index in [0.29, 0.717) is 13.0 Å². The van der Waals surface area contributed by atoms with E-state index in [9.17, 15) is 4.79 Å². The molecule has 1 atom stereocenters. The van der Waals surface area contributed by atoms with Crippen LogP contribution in [-0.2, 0) is 5.41 Å². The van der Waals surface area contributed by atoms with Crippen LogP contribution in [0.4, 0.5) is 4.79 Å². The van der Waals surface area contributed by atoms with E-state index in [-0.39, 0.29) is 24.1 Å². The van der Waals surface area contributed by atoms with Crippen LogP contribution in [0.2, 0.25) is 0 Å². The van der Waals surface area contributed by atoms with Gasteiger partial charge in [-0.3, -0.25) is 0 Å². The molecule has 1 aromatic rings. The molecular weight excluding hydrogens is 296 g/mol. The van der Waals surface area contributed by atoms with Gasteiger partial charge in [-0.15, -0.1) is 0 Å². The number of nitrogens with one attached hydrogen (secondary N) is 2. The lowest BCUT2D eigenvalue weighted by Gasteiger charge is -2.42. The van der Waals surface area contributed by atoms with Gasteiger partial charge in [0.15, 0.2) is 0 Å². The molecule has 4 nitrogen and oxygen atoms in total. The summed E-state index contributed by atoms with van der Waals surface area (Å²) in [6, 6.07) is 10.3. The summed E-state index contributed by atoms with van der Waals surface area (Å²) in [5, 5.41) is 15.0. The molecular formula is C17H26N2O2S. The molecule has 1 fully saturated rings. The lowest BCUT2D eigenvalue weighted by molar-refractivity contribution is 0.210. The van der Waals surface area contributed by atoms with Crippen LogP contribution in [-0.4, -0.2) is 42.3 Å². The van der Waals surface area contributed by atoms with E-state index in [0.717, 1.165) is 18.6 Å². The van der Waals surface area contributed by atoms with E-state index in [4.69, 9.17) is 5.11 Å². The van der Waals surface area contributed by atoms with E-state index in [1.165, 1.54) is 12.0 Å². The molecule has 0 aliphatic heterocycles. The topological polar surface area (TPSA) is 61.4 Å². The Bertz CT molecular complexity index is 457. The lowest BCUT2D eigenvalue weighted by atomic mass is 9.64. The number of rotatable bonds is 8. The predicted octanol–water partition coefficient (Wildman–Crippen LogP) is 2.52. The van der Waals surface area contributed by atoms with E-state index in [1.807, 2.05) is 12.3 Å². The first-order valence-corrected chi connectivity index (χ1v) is 9.29. The van der Waals surface area contributed by atoms with Crippen LogP contribution in [0.3, 0.4) is 0 Å². The van der Waals surface area contributed by atoms with Crippen LogP contribution in [0, 0.1) is 0 Å². The SMILES string of the molecule is CSCC(CCO)NC(=O)NCC1(c2ccccc2)CCC1. The number of aliphatic hydroxyl groups is 1. The maximum Gasteiger partial charge on any atom is 0.315 e. The highest BCUT2D eigenvalue weighted by Gasteiger charge is 2.38. The summed E-state index contributed by atoms with van der Waals surface area (Å²) in [4.78, 5) is 12.1. The van der Waals surface area contributed by atoms with Crippen molar-refractivity contribution >= 4 is 17.8 Å². The Kier molecular flexibility index (Phi) is 6.58. The Morgan fingerprint density at radius 1 is 1.36 bits per heavy atom. The summed E-state index contributed by atoms with van der Waals surface area (Å²) in [6.07, 6.45) is 6.07. The van der Waals surface area contributed by atoms with Crippen molar-refractivity contribution in [2.45, 2.75) is 37.1 Å². The molecule has 0 aromatic heterocycles. The molecule has 2 amide bonds. The molecule has 1 saturated carbocycles. The molecule has 1 aromatic carbocycles. The molecule has 22 heavy (non-hydrogen) atoms. The monoisotopic (exact) mass is 322 g/mol. The van der Waals surface area contributed by atoms with E-state index >= 15 is 0 Å². The number of amides is 2. The fourth-order valence-corrected chi connectivity index (χ4v) is 3.66. The Balaban J connectivity index is 1.87. The van der Waals surface area contributed by atoms with Crippen LogP contribution in [0.15, 0.2) is 30.3 Å². The van der Waals surface area contributed by atoms with Crippen molar-refractivity contribution in [2.24, 2.45) is 0 Å². The smallest absolute Gasteiger partial charge is 0.315 e. The second-order valence-corrected chi connectivity index (χ2v) is 6.90. The normalized spacial score (nSPS) is 17.4. The first kappa shape index (κ1) is 17.2. The highest BCUT2D eigenvalue weighted by atomic mass is 32.2. The number of carbonyl (C=O) groups is 1. The van der Waals surface area contributed by atoms with Crippen LogP contribution in [0.25, 0.3) is 0 Å². The summed E-state index contributed by atoms with van der Waals surface area (Å²) in [6.45, 7) is 0.771. The first-order chi connectivity index (χ1) is 10.7. The van der Waals surface area contributed by atoms with Crippen molar-refractivity contribution < 1.29 is 9.90 Å². The molecule has 1 unspecified atom stereocenters. The maximum absolute atomic E-state index is 12.1.